The third-order valence-electron chi connectivity index (χ3n) is 2.37. The van der Waals surface area contributed by atoms with Gasteiger partial charge >= 0.3 is 0 Å². The molecule has 0 amide bonds. The second-order valence-corrected chi connectivity index (χ2v) is 5.00. The number of halogens is 1. The molecule has 0 saturated carbocycles. The van der Waals surface area contributed by atoms with Crippen LogP contribution < -0.4 is 0 Å². The summed E-state index contributed by atoms with van der Waals surface area (Å²) in [5.74, 6) is 0.683. The van der Waals surface area contributed by atoms with E-state index >= 15 is 0 Å². The maximum Gasteiger partial charge on any atom is 0.198 e. The molecule has 90 valence electrons. The molecule has 2 aromatic rings. The van der Waals surface area contributed by atoms with Crippen LogP contribution in [0.2, 0.25) is 0 Å². The molecule has 17 heavy (non-hydrogen) atoms. The van der Waals surface area contributed by atoms with Gasteiger partial charge in [0.2, 0.25) is 0 Å². The standard InChI is InChI=1S/C13H14BrNO2/c1-9(16)6-12-8-17-13(15-12)7-10-2-4-11(14)5-3-10/h2-5,8-9,16H,6-7H2,1H3. The molecule has 1 heterocycles. The van der Waals surface area contributed by atoms with Crippen LogP contribution in [0.5, 0.6) is 0 Å². The van der Waals surface area contributed by atoms with E-state index in [0.29, 0.717) is 18.7 Å². The lowest BCUT2D eigenvalue weighted by molar-refractivity contribution is 0.194. The number of hydrogen-bond acceptors (Lipinski definition) is 3. The molecule has 0 fully saturated rings. The largest absolute Gasteiger partial charge is 0.448 e. The normalized spacial score (nSPS) is 12.6. The average molecular weight is 296 g/mol. The topological polar surface area (TPSA) is 46.3 Å². The number of hydrogen-bond donors (Lipinski definition) is 1. The lowest BCUT2D eigenvalue weighted by Crippen LogP contribution is -2.04. The molecule has 1 aromatic carbocycles. The Hall–Kier alpha value is -1.13. The Morgan fingerprint density at radius 3 is 2.71 bits per heavy atom. The molecule has 0 spiro atoms. The average Bonchev–Trinajstić information content (AvgIpc) is 2.68. The van der Waals surface area contributed by atoms with Crippen molar-refractivity contribution in [3.8, 4) is 0 Å². The molecule has 4 heteroatoms. The first-order valence-electron chi connectivity index (χ1n) is 5.49. The van der Waals surface area contributed by atoms with Crippen LogP contribution in [-0.4, -0.2) is 16.2 Å². The number of nitrogens with zero attached hydrogens (tertiary/aromatic N) is 1. The van der Waals surface area contributed by atoms with Crippen molar-refractivity contribution in [3.63, 3.8) is 0 Å². The number of rotatable bonds is 4. The minimum absolute atomic E-state index is 0.388. The molecule has 1 aromatic heterocycles. The van der Waals surface area contributed by atoms with E-state index in [1.54, 1.807) is 13.2 Å². The summed E-state index contributed by atoms with van der Waals surface area (Å²) in [6.07, 6.45) is 2.43. The van der Waals surface area contributed by atoms with Gasteiger partial charge in [0.1, 0.15) is 6.26 Å². The van der Waals surface area contributed by atoms with Crippen molar-refractivity contribution in [2.75, 3.05) is 0 Å². The SMILES string of the molecule is CC(O)Cc1coc(Cc2ccc(Br)cc2)n1. The van der Waals surface area contributed by atoms with Crippen LogP contribution in [0.3, 0.4) is 0 Å². The fourth-order valence-electron chi connectivity index (χ4n) is 1.60. The second-order valence-electron chi connectivity index (χ2n) is 4.09. The fourth-order valence-corrected chi connectivity index (χ4v) is 1.87. The molecule has 0 aliphatic carbocycles. The van der Waals surface area contributed by atoms with Crippen molar-refractivity contribution in [1.82, 2.24) is 4.98 Å². The van der Waals surface area contributed by atoms with Crippen LogP contribution in [0.15, 0.2) is 39.4 Å². The Morgan fingerprint density at radius 1 is 1.35 bits per heavy atom. The van der Waals surface area contributed by atoms with Gasteiger partial charge in [-0.3, -0.25) is 0 Å². The monoisotopic (exact) mass is 295 g/mol. The Kier molecular flexibility index (Phi) is 3.97. The van der Waals surface area contributed by atoms with Gasteiger partial charge in [-0.1, -0.05) is 28.1 Å². The van der Waals surface area contributed by atoms with E-state index < -0.39 is 0 Å². The third-order valence-corrected chi connectivity index (χ3v) is 2.90. The van der Waals surface area contributed by atoms with Gasteiger partial charge in [0.15, 0.2) is 5.89 Å². The maximum atomic E-state index is 9.25. The zero-order valence-corrected chi connectivity index (χ0v) is 11.1. The molecule has 0 saturated heterocycles. The molecular formula is C13H14BrNO2. The highest BCUT2D eigenvalue weighted by molar-refractivity contribution is 9.10. The first-order chi connectivity index (χ1) is 8.13. The highest BCUT2D eigenvalue weighted by Gasteiger charge is 2.07. The van der Waals surface area contributed by atoms with Crippen molar-refractivity contribution >= 4 is 15.9 Å². The van der Waals surface area contributed by atoms with Crippen LogP contribution in [0.25, 0.3) is 0 Å². The summed E-state index contributed by atoms with van der Waals surface area (Å²) >= 11 is 3.40. The molecular weight excluding hydrogens is 282 g/mol. The van der Waals surface area contributed by atoms with E-state index in [9.17, 15) is 5.11 Å². The quantitative estimate of drug-likeness (QED) is 0.943. The van der Waals surface area contributed by atoms with Gasteiger partial charge in [-0.2, -0.15) is 0 Å². The number of aliphatic hydroxyl groups is 1. The van der Waals surface area contributed by atoms with Crippen LogP contribution >= 0.6 is 15.9 Å². The fraction of sp³-hybridized carbons (Fsp3) is 0.308. The van der Waals surface area contributed by atoms with E-state index in [1.165, 1.54) is 0 Å². The summed E-state index contributed by atoms with van der Waals surface area (Å²) in [7, 11) is 0. The van der Waals surface area contributed by atoms with Gasteiger partial charge in [0.25, 0.3) is 0 Å². The van der Waals surface area contributed by atoms with E-state index in [1.807, 2.05) is 24.3 Å². The minimum atomic E-state index is -0.388. The van der Waals surface area contributed by atoms with Crippen molar-refractivity contribution in [2.45, 2.75) is 25.9 Å². The van der Waals surface area contributed by atoms with Crippen molar-refractivity contribution in [1.29, 1.82) is 0 Å². The molecule has 0 aliphatic heterocycles. The lowest BCUT2D eigenvalue weighted by Gasteiger charge is -1.98. The summed E-state index contributed by atoms with van der Waals surface area (Å²) in [4.78, 5) is 4.33. The predicted octanol–water partition coefficient (Wildman–Crippen LogP) is 2.95. The molecule has 0 aliphatic rings. The molecule has 2 rings (SSSR count). The van der Waals surface area contributed by atoms with Crippen molar-refractivity contribution in [2.24, 2.45) is 0 Å². The minimum Gasteiger partial charge on any atom is -0.448 e. The second kappa shape index (κ2) is 5.47. The van der Waals surface area contributed by atoms with Crippen molar-refractivity contribution < 1.29 is 9.52 Å². The smallest absolute Gasteiger partial charge is 0.198 e. The number of aliphatic hydroxyl groups excluding tert-OH is 1. The summed E-state index contributed by atoms with van der Waals surface area (Å²) in [5, 5.41) is 9.25. The summed E-state index contributed by atoms with van der Waals surface area (Å²) < 4.78 is 6.42. The maximum absolute atomic E-state index is 9.25. The van der Waals surface area contributed by atoms with Gasteiger partial charge in [0.05, 0.1) is 11.8 Å². The van der Waals surface area contributed by atoms with Crippen LogP contribution in [-0.2, 0) is 12.8 Å². The van der Waals surface area contributed by atoms with Crippen LogP contribution in [0.1, 0.15) is 24.1 Å². The zero-order valence-electron chi connectivity index (χ0n) is 9.56. The van der Waals surface area contributed by atoms with E-state index in [2.05, 4.69) is 20.9 Å². The third kappa shape index (κ3) is 3.68. The highest BCUT2D eigenvalue weighted by Crippen LogP contribution is 2.14. The summed E-state index contributed by atoms with van der Waals surface area (Å²) in [5.41, 5.74) is 1.95. The molecule has 0 radical (unpaired) electrons. The Labute approximate surface area is 109 Å². The van der Waals surface area contributed by atoms with Gasteiger partial charge in [-0.05, 0) is 24.6 Å². The Morgan fingerprint density at radius 2 is 2.06 bits per heavy atom. The molecule has 0 bridgehead atoms. The molecule has 1 unspecified atom stereocenters. The number of benzene rings is 1. The Balaban J connectivity index is 2.03. The van der Waals surface area contributed by atoms with Crippen molar-refractivity contribution in [3.05, 3.63) is 52.1 Å². The van der Waals surface area contributed by atoms with Gasteiger partial charge < -0.3 is 9.52 Å². The molecule has 1 atom stereocenters. The van der Waals surface area contributed by atoms with E-state index in [4.69, 9.17) is 4.42 Å². The first kappa shape index (κ1) is 12.3. The number of oxazole rings is 1. The van der Waals surface area contributed by atoms with E-state index in [0.717, 1.165) is 15.7 Å². The van der Waals surface area contributed by atoms with Crippen LogP contribution in [0, 0.1) is 0 Å². The molecule has 3 nitrogen and oxygen atoms in total. The molecule has 1 N–H and O–H groups in total. The Bertz CT molecular complexity index is 476. The van der Waals surface area contributed by atoms with Gasteiger partial charge in [0, 0.05) is 17.3 Å². The van der Waals surface area contributed by atoms with Gasteiger partial charge in [-0.25, -0.2) is 4.98 Å². The highest BCUT2D eigenvalue weighted by atomic mass is 79.9. The summed E-state index contributed by atoms with van der Waals surface area (Å²) in [6, 6.07) is 8.05. The first-order valence-corrected chi connectivity index (χ1v) is 6.28. The van der Waals surface area contributed by atoms with E-state index in [-0.39, 0.29) is 6.10 Å². The zero-order chi connectivity index (χ0) is 12.3. The van der Waals surface area contributed by atoms with Crippen LogP contribution in [0.4, 0.5) is 0 Å². The lowest BCUT2D eigenvalue weighted by atomic mass is 10.1. The van der Waals surface area contributed by atoms with Gasteiger partial charge in [-0.15, -0.1) is 0 Å². The number of aromatic nitrogens is 1. The summed E-state index contributed by atoms with van der Waals surface area (Å²) in [6.45, 7) is 1.74. The predicted molar refractivity (Wildman–Crippen MR) is 68.8 cm³/mol.